The van der Waals surface area contributed by atoms with Crippen LogP contribution in [0, 0.1) is 10.1 Å². The average Bonchev–Trinajstić information content (AvgIpc) is 3.26. The zero-order valence-corrected chi connectivity index (χ0v) is 15.4. The lowest BCUT2D eigenvalue weighted by atomic mass is 9.94. The minimum atomic E-state index is -0.522. The highest BCUT2D eigenvalue weighted by Crippen LogP contribution is 2.49. The Bertz CT molecular complexity index is 1030. The molecule has 0 atom stereocenters. The van der Waals surface area contributed by atoms with Gasteiger partial charge >= 0.3 is 0 Å². The largest absolute Gasteiger partial charge is 0.493 e. The smallest absolute Gasteiger partial charge is 0.277 e. The normalized spacial score (nSPS) is 10.4. The van der Waals surface area contributed by atoms with E-state index in [9.17, 15) is 14.9 Å². The van der Waals surface area contributed by atoms with Crippen molar-refractivity contribution in [3.8, 4) is 39.7 Å². The molecule has 28 heavy (non-hydrogen) atoms. The lowest BCUT2D eigenvalue weighted by Crippen LogP contribution is -2.02. The summed E-state index contributed by atoms with van der Waals surface area (Å²) in [5, 5.41) is 11.7. The van der Waals surface area contributed by atoms with E-state index in [1.165, 1.54) is 39.7 Å². The highest BCUT2D eigenvalue weighted by atomic mass is 16.6. The highest BCUT2D eigenvalue weighted by molar-refractivity contribution is 5.96. The van der Waals surface area contributed by atoms with Gasteiger partial charge in [-0.15, -0.1) is 0 Å². The zero-order chi connectivity index (χ0) is 20.3. The van der Waals surface area contributed by atoms with Crippen LogP contribution in [0.3, 0.4) is 0 Å². The van der Waals surface area contributed by atoms with Gasteiger partial charge in [-0.05, 0) is 30.3 Å². The van der Waals surface area contributed by atoms with Crippen molar-refractivity contribution in [1.82, 2.24) is 0 Å². The molecule has 0 radical (unpaired) electrons. The summed E-state index contributed by atoms with van der Waals surface area (Å²) >= 11 is 0. The summed E-state index contributed by atoms with van der Waals surface area (Å²) in [7, 11) is 4.22. The monoisotopic (exact) mass is 383 g/mol. The van der Waals surface area contributed by atoms with Crippen molar-refractivity contribution >= 4 is 12.0 Å². The second kappa shape index (κ2) is 7.83. The Morgan fingerprint density at radius 2 is 1.79 bits per heavy atom. The number of carbonyl (C=O) groups excluding carboxylic acids is 1. The van der Waals surface area contributed by atoms with Gasteiger partial charge in [0.25, 0.3) is 5.69 Å². The molecule has 0 spiro atoms. The number of ether oxygens (including phenoxy) is 3. The molecule has 0 N–H and O–H groups in total. The molecule has 144 valence electrons. The van der Waals surface area contributed by atoms with Crippen LogP contribution in [0.1, 0.15) is 10.4 Å². The number of nitrogens with zero attached hydrogens (tertiary/aromatic N) is 1. The van der Waals surface area contributed by atoms with Crippen LogP contribution in [0.4, 0.5) is 5.69 Å². The van der Waals surface area contributed by atoms with Crippen molar-refractivity contribution < 1.29 is 28.3 Å². The van der Waals surface area contributed by atoms with E-state index in [4.69, 9.17) is 18.6 Å². The average molecular weight is 383 g/mol. The first-order valence-electron chi connectivity index (χ1n) is 8.16. The minimum absolute atomic E-state index is 0.156. The van der Waals surface area contributed by atoms with Crippen LogP contribution in [0.25, 0.3) is 22.5 Å². The van der Waals surface area contributed by atoms with E-state index in [1.54, 1.807) is 24.3 Å². The van der Waals surface area contributed by atoms with Gasteiger partial charge in [0.2, 0.25) is 5.75 Å². The van der Waals surface area contributed by atoms with Gasteiger partial charge in [0.05, 0.1) is 38.1 Å². The Kier molecular flexibility index (Phi) is 5.30. The number of furan rings is 1. The number of aldehydes is 1. The first kappa shape index (κ1) is 19.0. The summed E-state index contributed by atoms with van der Waals surface area (Å²) in [6.07, 6.45) is 2.09. The molecule has 0 saturated heterocycles. The van der Waals surface area contributed by atoms with Gasteiger partial charge in [0, 0.05) is 22.8 Å². The molecule has 0 aliphatic rings. The third-order valence-corrected chi connectivity index (χ3v) is 4.26. The fraction of sp³-hybridized carbons (Fsp3) is 0.150. The van der Waals surface area contributed by atoms with Crippen molar-refractivity contribution in [2.24, 2.45) is 0 Å². The van der Waals surface area contributed by atoms with Gasteiger partial charge in [-0.25, -0.2) is 0 Å². The van der Waals surface area contributed by atoms with E-state index in [2.05, 4.69) is 0 Å². The molecule has 8 nitrogen and oxygen atoms in total. The number of benzene rings is 2. The molecule has 0 aliphatic heterocycles. The Morgan fingerprint density at radius 3 is 2.32 bits per heavy atom. The van der Waals surface area contributed by atoms with Crippen molar-refractivity contribution in [3.63, 3.8) is 0 Å². The van der Waals surface area contributed by atoms with Crippen LogP contribution in [0.15, 0.2) is 47.1 Å². The number of carbonyl (C=O) groups is 1. The molecule has 0 amide bonds. The summed E-state index contributed by atoms with van der Waals surface area (Å²) in [4.78, 5) is 22.9. The molecule has 8 heteroatoms. The summed E-state index contributed by atoms with van der Waals surface area (Å²) in [5.41, 5.74) is 1.01. The Hall–Kier alpha value is -3.81. The summed E-state index contributed by atoms with van der Waals surface area (Å²) in [6, 6.07) is 9.41. The molecule has 0 bridgehead atoms. The third kappa shape index (κ3) is 3.16. The van der Waals surface area contributed by atoms with E-state index in [0.717, 1.165) is 0 Å². The van der Waals surface area contributed by atoms with Crippen LogP contribution in [-0.2, 0) is 0 Å². The molecular formula is C20H17NO7. The van der Waals surface area contributed by atoms with Crippen LogP contribution in [0.5, 0.6) is 17.2 Å². The molecule has 0 aliphatic carbocycles. The third-order valence-electron chi connectivity index (χ3n) is 4.26. The molecule has 1 heterocycles. The molecule has 0 unspecified atom stereocenters. The number of methoxy groups -OCH3 is 3. The van der Waals surface area contributed by atoms with Crippen molar-refractivity contribution in [2.45, 2.75) is 0 Å². The van der Waals surface area contributed by atoms with Gasteiger partial charge in [0.15, 0.2) is 17.8 Å². The van der Waals surface area contributed by atoms with Crippen molar-refractivity contribution in [1.29, 1.82) is 0 Å². The van der Waals surface area contributed by atoms with Gasteiger partial charge in [-0.1, -0.05) is 0 Å². The predicted octanol–water partition coefficient (Wildman–Crippen LogP) is 4.36. The number of hydrogen-bond donors (Lipinski definition) is 0. The minimum Gasteiger partial charge on any atom is -0.493 e. The number of nitro benzene ring substituents is 1. The fourth-order valence-corrected chi connectivity index (χ4v) is 3.04. The Labute approximate surface area is 160 Å². The van der Waals surface area contributed by atoms with Gasteiger partial charge in [-0.2, -0.15) is 0 Å². The molecule has 0 saturated carbocycles. The maximum atomic E-state index is 11.8. The first-order valence-corrected chi connectivity index (χ1v) is 8.16. The van der Waals surface area contributed by atoms with Crippen LogP contribution in [0.2, 0.25) is 0 Å². The van der Waals surface area contributed by atoms with E-state index in [0.29, 0.717) is 17.6 Å². The van der Waals surface area contributed by atoms with Crippen molar-refractivity contribution in [2.75, 3.05) is 21.3 Å². The van der Waals surface area contributed by atoms with E-state index >= 15 is 0 Å². The number of hydrogen-bond acceptors (Lipinski definition) is 7. The maximum absolute atomic E-state index is 11.8. The highest BCUT2D eigenvalue weighted by Gasteiger charge is 2.27. The summed E-state index contributed by atoms with van der Waals surface area (Å²) in [5.74, 6) is 1.19. The van der Waals surface area contributed by atoms with Crippen LogP contribution >= 0.6 is 0 Å². The van der Waals surface area contributed by atoms with Gasteiger partial charge < -0.3 is 18.6 Å². The fourth-order valence-electron chi connectivity index (χ4n) is 3.04. The van der Waals surface area contributed by atoms with E-state index in [-0.39, 0.29) is 39.6 Å². The zero-order valence-electron chi connectivity index (χ0n) is 15.4. The number of rotatable bonds is 7. The van der Waals surface area contributed by atoms with Crippen LogP contribution < -0.4 is 14.2 Å². The standard InChI is InChI=1S/C20H17NO7/c1-25-17-10-13(11-22)18(20(27-3)19(17)26-2)14-9-12(16-5-4-8-28-16)6-7-15(14)21(23)24/h4-11H,1-3H3. The molecular weight excluding hydrogens is 366 g/mol. The Balaban J connectivity index is 2.40. The Morgan fingerprint density at radius 1 is 1.04 bits per heavy atom. The van der Waals surface area contributed by atoms with Crippen molar-refractivity contribution in [3.05, 3.63) is 58.3 Å². The topological polar surface area (TPSA) is 101 Å². The quantitative estimate of drug-likeness (QED) is 0.339. The second-order valence-electron chi connectivity index (χ2n) is 5.69. The second-order valence-corrected chi connectivity index (χ2v) is 5.69. The molecule has 2 aromatic carbocycles. The van der Waals surface area contributed by atoms with E-state index < -0.39 is 4.92 Å². The molecule has 0 fully saturated rings. The SMILES string of the molecule is COc1cc(C=O)c(-c2cc(-c3ccco3)ccc2[N+](=O)[O-])c(OC)c1OC. The lowest BCUT2D eigenvalue weighted by Gasteiger charge is -2.18. The molecule has 3 rings (SSSR count). The number of nitro groups is 1. The van der Waals surface area contributed by atoms with E-state index in [1.807, 2.05) is 0 Å². The van der Waals surface area contributed by atoms with Gasteiger partial charge in [0.1, 0.15) is 5.76 Å². The predicted molar refractivity (Wildman–Crippen MR) is 101 cm³/mol. The first-order chi connectivity index (χ1) is 13.5. The summed E-state index contributed by atoms with van der Waals surface area (Å²) < 4.78 is 21.5. The molecule has 3 aromatic rings. The molecule has 1 aromatic heterocycles. The van der Waals surface area contributed by atoms with Gasteiger partial charge in [-0.3, -0.25) is 14.9 Å². The van der Waals surface area contributed by atoms with Crippen LogP contribution in [-0.4, -0.2) is 32.5 Å². The lowest BCUT2D eigenvalue weighted by molar-refractivity contribution is -0.384. The maximum Gasteiger partial charge on any atom is 0.277 e. The summed E-state index contributed by atoms with van der Waals surface area (Å²) in [6.45, 7) is 0.